The molecule has 0 bridgehead atoms. The summed E-state index contributed by atoms with van der Waals surface area (Å²) < 4.78 is 2.77. The van der Waals surface area contributed by atoms with Crippen LogP contribution in [-0.4, -0.2) is 19.7 Å². The maximum atomic E-state index is 4.45. The molecule has 2 aromatic heterocycles. The Balaban J connectivity index is 2.45. The molecule has 0 atom stereocenters. The zero-order valence-corrected chi connectivity index (χ0v) is 10.9. The van der Waals surface area contributed by atoms with E-state index in [-0.39, 0.29) is 0 Å². The van der Waals surface area contributed by atoms with Crippen molar-refractivity contribution in [2.75, 3.05) is 0 Å². The Morgan fingerprint density at radius 1 is 1.25 bits per heavy atom. The molecule has 5 heteroatoms. The van der Waals surface area contributed by atoms with Gasteiger partial charge in [0.1, 0.15) is 5.82 Å². The molecule has 4 nitrogen and oxygen atoms in total. The summed E-state index contributed by atoms with van der Waals surface area (Å²) in [6.07, 6.45) is 3.46. The van der Waals surface area contributed by atoms with Crippen LogP contribution in [0.5, 0.6) is 0 Å². The molecule has 0 saturated carbocycles. The average Bonchev–Trinajstić information content (AvgIpc) is 2.73. The second kappa shape index (κ2) is 4.74. The van der Waals surface area contributed by atoms with Gasteiger partial charge >= 0.3 is 0 Å². The summed E-state index contributed by atoms with van der Waals surface area (Å²) in [5.74, 6) is 2.63. The van der Waals surface area contributed by atoms with E-state index in [2.05, 4.69) is 37.9 Å². The zero-order chi connectivity index (χ0) is 11.5. The van der Waals surface area contributed by atoms with Crippen LogP contribution in [0.25, 0.3) is 5.82 Å². The lowest BCUT2D eigenvalue weighted by molar-refractivity contribution is 0.769. The SMILES string of the molecule is CCc1nc(CC)n(-c2ccc(Br)cn2)n1. The normalized spacial score (nSPS) is 10.7. The van der Waals surface area contributed by atoms with Crippen molar-refractivity contribution >= 4 is 15.9 Å². The Bertz CT molecular complexity index is 475. The number of aryl methyl sites for hydroxylation is 2. The highest BCUT2D eigenvalue weighted by molar-refractivity contribution is 9.10. The Hall–Kier alpha value is -1.23. The van der Waals surface area contributed by atoms with E-state index in [9.17, 15) is 0 Å². The highest BCUT2D eigenvalue weighted by atomic mass is 79.9. The molecule has 0 radical (unpaired) electrons. The summed E-state index contributed by atoms with van der Waals surface area (Å²) in [5.41, 5.74) is 0. The van der Waals surface area contributed by atoms with E-state index in [1.807, 2.05) is 23.7 Å². The van der Waals surface area contributed by atoms with Crippen LogP contribution in [0.1, 0.15) is 25.5 Å². The van der Waals surface area contributed by atoms with Gasteiger partial charge in [-0.05, 0) is 28.1 Å². The molecule has 0 aliphatic carbocycles. The van der Waals surface area contributed by atoms with Crippen molar-refractivity contribution in [3.05, 3.63) is 34.5 Å². The smallest absolute Gasteiger partial charge is 0.155 e. The van der Waals surface area contributed by atoms with Crippen molar-refractivity contribution in [2.45, 2.75) is 26.7 Å². The average molecular weight is 281 g/mol. The molecule has 0 N–H and O–H groups in total. The molecular weight excluding hydrogens is 268 g/mol. The Morgan fingerprint density at radius 2 is 2.06 bits per heavy atom. The largest absolute Gasteiger partial charge is 0.236 e. The van der Waals surface area contributed by atoms with E-state index < -0.39 is 0 Å². The Morgan fingerprint density at radius 3 is 2.62 bits per heavy atom. The van der Waals surface area contributed by atoms with Crippen LogP contribution in [0.2, 0.25) is 0 Å². The predicted molar refractivity (Wildman–Crippen MR) is 65.6 cm³/mol. The Kier molecular flexibility index (Phi) is 3.33. The molecule has 0 aromatic carbocycles. The third kappa shape index (κ3) is 2.14. The molecule has 0 spiro atoms. The molecule has 0 aliphatic heterocycles. The molecular formula is C11H13BrN4. The van der Waals surface area contributed by atoms with E-state index in [1.54, 1.807) is 6.20 Å². The van der Waals surface area contributed by atoms with Crippen molar-refractivity contribution in [3.63, 3.8) is 0 Å². The van der Waals surface area contributed by atoms with E-state index in [0.717, 1.165) is 34.8 Å². The summed E-state index contributed by atoms with van der Waals surface area (Å²) in [7, 11) is 0. The van der Waals surface area contributed by atoms with Crippen molar-refractivity contribution < 1.29 is 0 Å². The molecule has 2 aromatic rings. The van der Waals surface area contributed by atoms with Crippen molar-refractivity contribution in [1.82, 2.24) is 19.7 Å². The van der Waals surface area contributed by atoms with Gasteiger partial charge < -0.3 is 0 Å². The highest BCUT2D eigenvalue weighted by Gasteiger charge is 2.09. The van der Waals surface area contributed by atoms with E-state index >= 15 is 0 Å². The van der Waals surface area contributed by atoms with Crippen LogP contribution in [-0.2, 0) is 12.8 Å². The minimum absolute atomic E-state index is 0.812. The quantitative estimate of drug-likeness (QED) is 0.868. The number of hydrogen-bond acceptors (Lipinski definition) is 3. The fourth-order valence-corrected chi connectivity index (χ4v) is 1.68. The van der Waals surface area contributed by atoms with Crippen LogP contribution in [0.3, 0.4) is 0 Å². The van der Waals surface area contributed by atoms with Gasteiger partial charge in [0, 0.05) is 23.5 Å². The maximum absolute atomic E-state index is 4.45. The van der Waals surface area contributed by atoms with Crippen molar-refractivity contribution in [3.8, 4) is 5.82 Å². The van der Waals surface area contributed by atoms with Crippen LogP contribution in [0.15, 0.2) is 22.8 Å². The number of rotatable bonds is 3. The fourth-order valence-electron chi connectivity index (χ4n) is 1.45. The number of nitrogens with zero attached hydrogens (tertiary/aromatic N) is 4. The summed E-state index contributed by atoms with van der Waals surface area (Å²) in [6, 6.07) is 3.88. The van der Waals surface area contributed by atoms with Crippen molar-refractivity contribution in [2.24, 2.45) is 0 Å². The molecule has 0 amide bonds. The molecule has 0 unspecified atom stereocenters. The first-order chi connectivity index (χ1) is 7.74. The second-order valence-electron chi connectivity index (χ2n) is 3.40. The van der Waals surface area contributed by atoms with Gasteiger partial charge in [-0.15, -0.1) is 5.10 Å². The van der Waals surface area contributed by atoms with Crippen LogP contribution >= 0.6 is 15.9 Å². The molecule has 84 valence electrons. The first-order valence-electron chi connectivity index (χ1n) is 5.31. The van der Waals surface area contributed by atoms with Gasteiger partial charge in [0.15, 0.2) is 11.6 Å². The Labute approximate surface area is 103 Å². The molecule has 2 rings (SSSR count). The number of pyridine rings is 1. The molecule has 16 heavy (non-hydrogen) atoms. The van der Waals surface area contributed by atoms with Gasteiger partial charge in [-0.2, -0.15) is 4.68 Å². The van der Waals surface area contributed by atoms with Crippen LogP contribution in [0, 0.1) is 0 Å². The minimum atomic E-state index is 0.812. The first kappa shape index (κ1) is 11.3. The lowest BCUT2D eigenvalue weighted by atomic mass is 10.4. The lowest BCUT2D eigenvalue weighted by Gasteiger charge is -2.02. The highest BCUT2D eigenvalue weighted by Crippen LogP contribution is 2.12. The molecule has 0 saturated heterocycles. The van der Waals surface area contributed by atoms with E-state index in [1.165, 1.54) is 0 Å². The fraction of sp³-hybridized carbons (Fsp3) is 0.364. The summed E-state index contributed by atoms with van der Waals surface area (Å²) in [4.78, 5) is 8.76. The summed E-state index contributed by atoms with van der Waals surface area (Å²) in [6.45, 7) is 4.12. The van der Waals surface area contributed by atoms with Gasteiger partial charge in [-0.1, -0.05) is 13.8 Å². The standard InChI is InChI=1S/C11H13BrN4/c1-3-9-14-10(4-2)16(15-9)11-6-5-8(12)7-13-11/h5-7H,3-4H2,1-2H3. The monoisotopic (exact) mass is 280 g/mol. The van der Waals surface area contributed by atoms with Crippen molar-refractivity contribution in [1.29, 1.82) is 0 Å². The topological polar surface area (TPSA) is 43.6 Å². The van der Waals surface area contributed by atoms with Gasteiger partial charge in [0.05, 0.1) is 0 Å². The van der Waals surface area contributed by atoms with E-state index in [0.29, 0.717) is 0 Å². The number of halogens is 1. The van der Waals surface area contributed by atoms with Crippen LogP contribution in [0.4, 0.5) is 0 Å². The van der Waals surface area contributed by atoms with Gasteiger partial charge in [-0.25, -0.2) is 9.97 Å². The van der Waals surface area contributed by atoms with Gasteiger partial charge in [0.25, 0.3) is 0 Å². The predicted octanol–water partition coefficient (Wildman–Crippen LogP) is 2.55. The third-order valence-electron chi connectivity index (χ3n) is 2.28. The number of aromatic nitrogens is 4. The second-order valence-corrected chi connectivity index (χ2v) is 4.31. The molecule has 2 heterocycles. The third-order valence-corrected chi connectivity index (χ3v) is 2.75. The van der Waals surface area contributed by atoms with E-state index in [4.69, 9.17) is 0 Å². The minimum Gasteiger partial charge on any atom is -0.236 e. The maximum Gasteiger partial charge on any atom is 0.155 e. The lowest BCUT2D eigenvalue weighted by Crippen LogP contribution is -2.04. The summed E-state index contributed by atoms with van der Waals surface area (Å²) >= 11 is 3.36. The summed E-state index contributed by atoms with van der Waals surface area (Å²) in [5, 5.41) is 4.43. The molecule has 0 fully saturated rings. The van der Waals surface area contributed by atoms with Gasteiger partial charge in [0.2, 0.25) is 0 Å². The zero-order valence-electron chi connectivity index (χ0n) is 9.31. The number of hydrogen-bond donors (Lipinski definition) is 0. The molecule has 0 aliphatic rings. The first-order valence-corrected chi connectivity index (χ1v) is 6.10. The van der Waals surface area contributed by atoms with Crippen LogP contribution < -0.4 is 0 Å². The van der Waals surface area contributed by atoms with Gasteiger partial charge in [-0.3, -0.25) is 0 Å².